The zero-order valence-corrected chi connectivity index (χ0v) is 19.4. The molecule has 2 aromatic carbocycles. The number of hydrogen-bond acceptors (Lipinski definition) is 6. The van der Waals surface area contributed by atoms with Gasteiger partial charge in [-0.05, 0) is 38.7 Å². The quantitative estimate of drug-likeness (QED) is 0.335. The molecule has 0 saturated carbocycles. The largest absolute Gasteiger partial charge is 0.505 e. The van der Waals surface area contributed by atoms with Crippen molar-refractivity contribution in [2.75, 3.05) is 27.2 Å². The monoisotopic (exact) mass is 465 g/mol. The van der Waals surface area contributed by atoms with Gasteiger partial charge in [0.15, 0.2) is 5.76 Å². The van der Waals surface area contributed by atoms with Crippen LogP contribution in [0.1, 0.15) is 22.2 Å². The lowest BCUT2D eigenvalue weighted by Crippen LogP contribution is -2.35. The molecule has 1 aromatic heterocycles. The molecule has 170 valence electrons. The Morgan fingerprint density at radius 1 is 1.15 bits per heavy atom. The summed E-state index contributed by atoms with van der Waals surface area (Å²) in [6.07, 6.45) is 0. The maximum atomic E-state index is 14.1. The summed E-state index contributed by atoms with van der Waals surface area (Å²) in [5.74, 6) is -2.34. The van der Waals surface area contributed by atoms with Gasteiger partial charge in [0.25, 0.3) is 11.7 Å². The molecule has 1 saturated heterocycles. The van der Waals surface area contributed by atoms with Gasteiger partial charge in [-0.1, -0.05) is 42.5 Å². The number of likely N-dealkylation sites (N-methyl/N-ethyl adjacent to an activating group) is 1. The Hall–Kier alpha value is -3.36. The van der Waals surface area contributed by atoms with Crippen molar-refractivity contribution in [1.82, 2.24) is 14.8 Å². The number of Topliss-reactive ketones (excluding diaryl/α,β-unsaturated/α-hetero) is 1. The van der Waals surface area contributed by atoms with E-state index in [4.69, 9.17) is 0 Å². The van der Waals surface area contributed by atoms with E-state index in [1.165, 1.54) is 34.4 Å². The summed E-state index contributed by atoms with van der Waals surface area (Å²) in [7, 11) is 3.72. The highest BCUT2D eigenvalue weighted by atomic mass is 32.1. The first-order valence-corrected chi connectivity index (χ1v) is 11.3. The standard InChI is InChI=1S/C25H24FN3O3S/c1-15-20(27-24(33-15)16-8-5-4-6-9-16)22(30)19-21(17-10-7-11-18(26)14-17)29(13-12-28(2)3)25(32)23(19)31/h4-11,14,21,30H,12-13H2,1-3H3. The van der Waals surface area contributed by atoms with E-state index < -0.39 is 23.5 Å². The second-order valence-corrected chi connectivity index (χ2v) is 9.34. The number of aliphatic hydroxyl groups excluding tert-OH is 1. The predicted molar refractivity (Wildman–Crippen MR) is 126 cm³/mol. The van der Waals surface area contributed by atoms with Crippen molar-refractivity contribution in [3.8, 4) is 10.6 Å². The number of halogens is 1. The first-order chi connectivity index (χ1) is 15.8. The van der Waals surface area contributed by atoms with E-state index in [0.717, 1.165) is 5.56 Å². The molecule has 4 rings (SSSR count). The van der Waals surface area contributed by atoms with E-state index >= 15 is 0 Å². The maximum absolute atomic E-state index is 14.1. The Morgan fingerprint density at radius 3 is 2.55 bits per heavy atom. The molecule has 3 aromatic rings. The number of ketones is 1. The highest BCUT2D eigenvalue weighted by Crippen LogP contribution is 2.41. The Morgan fingerprint density at radius 2 is 1.88 bits per heavy atom. The number of carbonyl (C=O) groups excluding carboxylic acids is 2. The van der Waals surface area contributed by atoms with Crippen molar-refractivity contribution in [2.45, 2.75) is 13.0 Å². The predicted octanol–water partition coefficient (Wildman–Crippen LogP) is 4.24. The lowest BCUT2D eigenvalue weighted by Gasteiger charge is -2.26. The first kappa shape index (κ1) is 22.8. The van der Waals surface area contributed by atoms with E-state index in [1.54, 1.807) is 13.0 Å². The maximum Gasteiger partial charge on any atom is 0.295 e. The fourth-order valence-corrected chi connectivity index (χ4v) is 4.81. The van der Waals surface area contributed by atoms with Gasteiger partial charge in [-0.2, -0.15) is 0 Å². The van der Waals surface area contributed by atoms with Crippen LogP contribution in [-0.4, -0.2) is 58.8 Å². The van der Waals surface area contributed by atoms with Crippen LogP contribution in [0.15, 0.2) is 60.2 Å². The third-order valence-corrected chi connectivity index (χ3v) is 6.55. The molecule has 1 amide bonds. The van der Waals surface area contributed by atoms with Gasteiger partial charge in [-0.3, -0.25) is 9.59 Å². The summed E-state index contributed by atoms with van der Waals surface area (Å²) in [5, 5.41) is 12.0. The Balaban J connectivity index is 1.85. The summed E-state index contributed by atoms with van der Waals surface area (Å²) in [5.41, 5.74) is 1.49. The molecular weight excluding hydrogens is 441 g/mol. The Labute approximate surface area is 195 Å². The van der Waals surface area contributed by atoms with E-state index in [1.807, 2.05) is 49.3 Å². The zero-order valence-electron chi connectivity index (χ0n) is 18.6. The smallest absolute Gasteiger partial charge is 0.295 e. The number of thiazole rings is 1. The molecule has 1 aliphatic rings. The molecule has 0 radical (unpaired) electrons. The number of nitrogens with zero attached hydrogens (tertiary/aromatic N) is 3. The molecule has 1 fully saturated rings. The molecular formula is C25H24FN3O3S. The highest BCUT2D eigenvalue weighted by molar-refractivity contribution is 7.15. The average Bonchev–Trinajstić information content (AvgIpc) is 3.30. The number of hydrogen-bond donors (Lipinski definition) is 1. The summed E-state index contributed by atoms with van der Waals surface area (Å²) in [6.45, 7) is 2.56. The summed E-state index contributed by atoms with van der Waals surface area (Å²) in [4.78, 5) is 34.6. The molecule has 1 N–H and O–H groups in total. The van der Waals surface area contributed by atoms with Crippen LogP contribution in [0.2, 0.25) is 0 Å². The minimum atomic E-state index is -0.901. The van der Waals surface area contributed by atoms with Gasteiger partial charge in [0.2, 0.25) is 0 Å². The van der Waals surface area contributed by atoms with Crippen LogP contribution < -0.4 is 0 Å². The fourth-order valence-electron chi connectivity index (χ4n) is 3.89. The molecule has 33 heavy (non-hydrogen) atoms. The van der Waals surface area contributed by atoms with E-state index in [-0.39, 0.29) is 23.6 Å². The molecule has 1 atom stereocenters. The van der Waals surface area contributed by atoms with Gasteiger partial charge < -0.3 is 14.9 Å². The number of amides is 1. The van der Waals surface area contributed by atoms with Gasteiger partial charge in [0.1, 0.15) is 16.5 Å². The number of rotatable bonds is 6. The van der Waals surface area contributed by atoms with Gasteiger partial charge in [-0.25, -0.2) is 9.37 Å². The van der Waals surface area contributed by atoms with Crippen molar-refractivity contribution in [2.24, 2.45) is 0 Å². The van der Waals surface area contributed by atoms with Gasteiger partial charge in [0.05, 0.1) is 11.6 Å². The summed E-state index contributed by atoms with van der Waals surface area (Å²) >= 11 is 1.39. The second kappa shape index (κ2) is 9.25. The lowest BCUT2D eigenvalue weighted by atomic mass is 9.96. The van der Waals surface area contributed by atoms with Crippen LogP contribution in [0.25, 0.3) is 16.3 Å². The topological polar surface area (TPSA) is 73.7 Å². The molecule has 6 nitrogen and oxygen atoms in total. The van der Waals surface area contributed by atoms with Crippen LogP contribution in [0.5, 0.6) is 0 Å². The average molecular weight is 466 g/mol. The molecule has 0 bridgehead atoms. The molecule has 8 heteroatoms. The van der Waals surface area contributed by atoms with Crippen molar-refractivity contribution in [3.05, 3.63) is 82.1 Å². The second-order valence-electron chi connectivity index (χ2n) is 8.14. The normalized spacial score (nSPS) is 17.8. The minimum absolute atomic E-state index is 0.0719. The summed E-state index contributed by atoms with van der Waals surface area (Å²) in [6, 6.07) is 14.4. The zero-order chi connectivity index (χ0) is 23.7. The highest BCUT2D eigenvalue weighted by Gasteiger charge is 2.46. The number of aryl methyl sites for hydroxylation is 1. The number of aromatic nitrogens is 1. The molecule has 0 spiro atoms. The van der Waals surface area contributed by atoms with Gasteiger partial charge >= 0.3 is 0 Å². The lowest BCUT2D eigenvalue weighted by molar-refractivity contribution is -0.140. The SMILES string of the molecule is Cc1sc(-c2ccccc2)nc1C(O)=C1C(=O)C(=O)N(CCN(C)C)C1c1cccc(F)c1. The molecule has 1 aliphatic heterocycles. The van der Waals surface area contributed by atoms with Crippen molar-refractivity contribution < 1.29 is 19.1 Å². The third kappa shape index (κ3) is 4.44. The van der Waals surface area contributed by atoms with E-state index in [0.29, 0.717) is 22.0 Å². The number of aliphatic hydroxyl groups is 1. The summed E-state index contributed by atoms with van der Waals surface area (Å²) < 4.78 is 14.1. The molecule has 1 unspecified atom stereocenters. The Kier molecular flexibility index (Phi) is 6.40. The fraction of sp³-hybridized carbons (Fsp3) is 0.240. The third-order valence-electron chi connectivity index (χ3n) is 5.53. The van der Waals surface area contributed by atoms with Crippen LogP contribution >= 0.6 is 11.3 Å². The number of likely N-dealkylation sites (tertiary alicyclic amines) is 1. The first-order valence-electron chi connectivity index (χ1n) is 10.5. The minimum Gasteiger partial charge on any atom is -0.505 e. The molecule has 2 heterocycles. The van der Waals surface area contributed by atoms with Gasteiger partial charge in [-0.15, -0.1) is 11.3 Å². The van der Waals surface area contributed by atoms with E-state index in [9.17, 15) is 19.1 Å². The van der Waals surface area contributed by atoms with E-state index in [2.05, 4.69) is 4.98 Å². The van der Waals surface area contributed by atoms with Crippen LogP contribution in [-0.2, 0) is 9.59 Å². The van der Waals surface area contributed by atoms with Crippen LogP contribution in [0, 0.1) is 12.7 Å². The van der Waals surface area contributed by atoms with Gasteiger partial charge in [0, 0.05) is 23.5 Å². The van der Waals surface area contributed by atoms with Crippen LogP contribution in [0.3, 0.4) is 0 Å². The van der Waals surface area contributed by atoms with Crippen LogP contribution in [0.4, 0.5) is 4.39 Å². The Bertz CT molecular complexity index is 1240. The van der Waals surface area contributed by atoms with Crippen molar-refractivity contribution >= 4 is 28.8 Å². The number of carbonyl (C=O) groups is 2. The molecule has 0 aliphatic carbocycles. The number of benzene rings is 2. The van der Waals surface area contributed by atoms with Crippen molar-refractivity contribution in [3.63, 3.8) is 0 Å². The van der Waals surface area contributed by atoms with Crippen molar-refractivity contribution in [1.29, 1.82) is 0 Å².